The molecular weight excluding hydrogens is 370 g/mol. The van der Waals surface area contributed by atoms with Gasteiger partial charge in [-0.15, -0.1) is 0 Å². The molecule has 2 heterocycles. The lowest BCUT2D eigenvalue weighted by molar-refractivity contribution is 0.0290. The largest absolute Gasteiger partial charge is 0.445 e. The van der Waals surface area contributed by atoms with Gasteiger partial charge in [-0.3, -0.25) is 4.98 Å². The van der Waals surface area contributed by atoms with Gasteiger partial charge in [0, 0.05) is 25.5 Å². The number of benzene rings is 1. The summed E-state index contributed by atoms with van der Waals surface area (Å²) in [6.45, 7) is 6.73. The van der Waals surface area contributed by atoms with Gasteiger partial charge in [0.1, 0.15) is 12.2 Å². The van der Waals surface area contributed by atoms with Crippen molar-refractivity contribution in [3.63, 3.8) is 0 Å². The van der Waals surface area contributed by atoms with Crippen molar-refractivity contribution < 1.29 is 19.1 Å². The highest BCUT2D eigenvalue weighted by molar-refractivity contribution is 5.70. The van der Waals surface area contributed by atoms with Gasteiger partial charge >= 0.3 is 12.2 Å². The highest BCUT2D eigenvalue weighted by atomic mass is 16.6. The quantitative estimate of drug-likeness (QED) is 0.844. The molecule has 29 heavy (non-hydrogen) atoms. The van der Waals surface area contributed by atoms with Crippen molar-refractivity contribution >= 4 is 12.2 Å². The van der Waals surface area contributed by atoms with E-state index in [1.54, 1.807) is 17.3 Å². The van der Waals surface area contributed by atoms with E-state index in [1.807, 2.05) is 69.3 Å². The van der Waals surface area contributed by atoms with E-state index >= 15 is 0 Å². The number of nitrogens with zero attached hydrogens (tertiary/aromatic N) is 2. The molecule has 1 aromatic heterocycles. The molecule has 7 nitrogen and oxygen atoms in total. The Morgan fingerprint density at radius 2 is 1.76 bits per heavy atom. The van der Waals surface area contributed by atoms with E-state index in [9.17, 15) is 9.59 Å². The topological polar surface area (TPSA) is 80.8 Å². The van der Waals surface area contributed by atoms with Gasteiger partial charge in [-0.1, -0.05) is 36.4 Å². The zero-order chi connectivity index (χ0) is 21.1. The minimum Gasteiger partial charge on any atom is -0.445 e. The van der Waals surface area contributed by atoms with E-state index in [4.69, 9.17) is 9.47 Å². The normalized spacial score (nSPS) is 15.7. The second-order valence-corrected chi connectivity index (χ2v) is 7.64. The van der Waals surface area contributed by atoms with E-state index in [-0.39, 0.29) is 18.7 Å². The summed E-state index contributed by atoms with van der Waals surface area (Å²) < 4.78 is 10.5. The summed E-state index contributed by atoms with van der Waals surface area (Å²) in [5, 5.41) is 2.79. The first kappa shape index (κ1) is 22.2. The van der Waals surface area contributed by atoms with Crippen molar-refractivity contribution in [2.75, 3.05) is 13.1 Å². The van der Waals surface area contributed by atoms with Gasteiger partial charge in [0.05, 0.1) is 6.04 Å². The van der Waals surface area contributed by atoms with E-state index in [0.29, 0.717) is 19.5 Å². The number of hydrogen-bond acceptors (Lipinski definition) is 5. The van der Waals surface area contributed by atoms with Crippen LogP contribution in [0, 0.1) is 0 Å². The molecule has 156 valence electrons. The molecule has 1 saturated heterocycles. The van der Waals surface area contributed by atoms with Crippen molar-refractivity contribution in [3.8, 4) is 0 Å². The van der Waals surface area contributed by atoms with Gasteiger partial charge in [-0.25, -0.2) is 9.59 Å². The highest BCUT2D eigenvalue weighted by Gasteiger charge is 2.30. The van der Waals surface area contributed by atoms with Crippen LogP contribution in [0.25, 0.3) is 0 Å². The Morgan fingerprint density at radius 3 is 2.31 bits per heavy atom. The summed E-state index contributed by atoms with van der Waals surface area (Å²) in [4.78, 5) is 29.2. The van der Waals surface area contributed by atoms with Crippen molar-refractivity contribution in [1.82, 2.24) is 15.2 Å². The van der Waals surface area contributed by atoms with Crippen LogP contribution in [0.5, 0.6) is 0 Å². The van der Waals surface area contributed by atoms with Crippen LogP contribution >= 0.6 is 0 Å². The fourth-order valence-electron chi connectivity index (χ4n) is 2.61. The average Bonchev–Trinajstić information content (AvgIpc) is 3.16. The maximum absolute atomic E-state index is 12.0. The summed E-state index contributed by atoms with van der Waals surface area (Å²) >= 11 is 0. The Hall–Kier alpha value is -3.09. The lowest BCUT2D eigenvalue weighted by Gasteiger charge is -2.24. The van der Waals surface area contributed by atoms with Crippen LogP contribution in [0.4, 0.5) is 9.59 Å². The molecule has 1 aromatic carbocycles. The SMILES string of the molecule is CC(C)(C)OC(=O)N1CC[C@H](NC(=O)OCc2ccccc2)C1.c1ccncc1. The molecule has 0 spiro atoms. The first-order valence-corrected chi connectivity index (χ1v) is 9.63. The number of ether oxygens (including phenoxy) is 2. The number of rotatable bonds is 3. The van der Waals surface area contributed by atoms with Crippen molar-refractivity contribution in [2.45, 2.75) is 45.4 Å². The Labute approximate surface area is 172 Å². The number of pyridine rings is 1. The highest BCUT2D eigenvalue weighted by Crippen LogP contribution is 2.15. The third-order valence-electron chi connectivity index (χ3n) is 3.94. The Balaban J connectivity index is 0.000000426. The second-order valence-electron chi connectivity index (χ2n) is 7.64. The van der Waals surface area contributed by atoms with Gasteiger partial charge in [-0.05, 0) is 44.9 Å². The number of hydrogen-bond donors (Lipinski definition) is 1. The molecule has 1 fully saturated rings. The van der Waals surface area contributed by atoms with Crippen molar-refractivity contribution in [1.29, 1.82) is 0 Å². The van der Waals surface area contributed by atoms with Gasteiger partial charge in [0.15, 0.2) is 0 Å². The third-order valence-corrected chi connectivity index (χ3v) is 3.94. The molecule has 1 N–H and O–H groups in total. The average molecular weight is 399 g/mol. The Kier molecular flexibility index (Phi) is 8.45. The molecule has 1 atom stereocenters. The molecule has 1 aliphatic heterocycles. The van der Waals surface area contributed by atoms with Gasteiger partial charge in [-0.2, -0.15) is 0 Å². The number of likely N-dealkylation sites (tertiary alicyclic amines) is 1. The van der Waals surface area contributed by atoms with E-state index in [2.05, 4.69) is 10.3 Å². The number of aromatic nitrogens is 1. The first-order valence-electron chi connectivity index (χ1n) is 9.63. The zero-order valence-corrected chi connectivity index (χ0v) is 17.2. The summed E-state index contributed by atoms with van der Waals surface area (Å²) in [5.41, 5.74) is 0.418. The van der Waals surface area contributed by atoms with Crippen LogP contribution in [0.15, 0.2) is 60.9 Å². The van der Waals surface area contributed by atoms with Crippen LogP contribution < -0.4 is 5.32 Å². The predicted molar refractivity (Wildman–Crippen MR) is 110 cm³/mol. The Bertz CT molecular complexity index is 721. The van der Waals surface area contributed by atoms with Crippen LogP contribution in [0.1, 0.15) is 32.8 Å². The third kappa shape index (κ3) is 9.10. The van der Waals surface area contributed by atoms with Gasteiger partial charge < -0.3 is 19.7 Å². The number of amides is 2. The van der Waals surface area contributed by atoms with Crippen LogP contribution in [-0.4, -0.2) is 46.8 Å². The number of carbonyl (C=O) groups excluding carboxylic acids is 2. The molecule has 0 radical (unpaired) electrons. The molecule has 0 saturated carbocycles. The molecule has 2 amide bonds. The first-order chi connectivity index (χ1) is 13.8. The number of alkyl carbamates (subject to hydrolysis) is 1. The van der Waals surface area contributed by atoms with Crippen molar-refractivity contribution in [3.05, 3.63) is 66.5 Å². The standard InChI is InChI=1S/C17H24N2O4.C5H5N/c1-17(2,3)23-16(21)19-10-9-14(11-19)18-15(20)22-12-13-7-5-4-6-8-13;1-2-4-6-5-3-1/h4-8,14H,9-12H2,1-3H3,(H,18,20);1-5H/t14-;/m0./s1. The second kappa shape index (κ2) is 11.0. The maximum Gasteiger partial charge on any atom is 0.410 e. The number of carbonyl (C=O) groups is 2. The van der Waals surface area contributed by atoms with Crippen LogP contribution in [0.3, 0.4) is 0 Å². The summed E-state index contributed by atoms with van der Waals surface area (Å²) in [6, 6.07) is 15.1. The predicted octanol–water partition coefficient (Wildman–Crippen LogP) is 4.00. The molecule has 0 aliphatic carbocycles. The monoisotopic (exact) mass is 399 g/mol. The summed E-state index contributed by atoms with van der Waals surface area (Å²) in [7, 11) is 0. The van der Waals surface area contributed by atoms with Gasteiger partial charge in [0.25, 0.3) is 0 Å². The lowest BCUT2D eigenvalue weighted by atomic mass is 10.2. The maximum atomic E-state index is 12.0. The lowest BCUT2D eigenvalue weighted by Crippen LogP contribution is -2.40. The fourth-order valence-corrected chi connectivity index (χ4v) is 2.61. The molecule has 2 aromatic rings. The van der Waals surface area contributed by atoms with Crippen LogP contribution in [0.2, 0.25) is 0 Å². The van der Waals surface area contributed by atoms with E-state index in [0.717, 1.165) is 5.56 Å². The smallest absolute Gasteiger partial charge is 0.410 e. The molecule has 0 bridgehead atoms. The van der Waals surface area contributed by atoms with Crippen molar-refractivity contribution in [2.24, 2.45) is 0 Å². The summed E-state index contributed by atoms with van der Waals surface area (Å²) in [6.07, 6.45) is 3.38. The van der Waals surface area contributed by atoms with E-state index < -0.39 is 11.7 Å². The molecule has 3 rings (SSSR count). The minimum atomic E-state index is -0.517. The zero-order valence-electron chi connectivity index (χ0n) is 17.2. The van der Waals surface area contributed by atoms with E-state index in [1.165, 1.54) is 0 Å². The number of nitrogens with one attached hydrogen (secondary N) is 1. The fraction of sp³-hybridized carbons (Fsp3) is 0.409. The molecule has 7 heteroatoms. The Morgan fingerprint density at radius 1 is 1.10 bits per heavy atom. The molecule has 1 aliphatic rings. The summed E-state index contributed by atoms with van der Waals surface area (Å²) in [5.74, 6) is 0. The van der Waals surface area contributed by atoms with Gasteiger partial charge in [0.2, 0.25) is 0 Å². The molecular formula is C22H29N3O4. The minimum absolute atomic E-state index is 0.106. The van der Waals surface area contributed by atoms with Crippen LogP contribution in [-0.2, 0) is 16.1 Å². The molecule has 0 unspecified atom stereocenters.